The number of likely N-dealkylation sites (N-methyl/N-ethyl adjacent to an activating group) is 1. The molecule has 1 aromatic heterocycles. The normalized spacial score (nSPS) is 15.8. The number of nitrogens with zero attached hydrogens (tertiary/aromatic N) is 3. The monoisotopic (exact) mass is 276 g/mol. The van der Waals surface area contributed by atoms with Gasteiger partial charge in [0, 0.05) is 17.4 Å². The van der Waals surface area contributed by atoms with E-state index in [0.717, 1.165) is 17.0 Å². The maximum Gasteiger partial charge on any atom is 0.240 e. The van der Waals surface area contributed by atoms with E-state index in [-0.39, 0.29) is 5.91 Å². The van der Waals surface area contributed by atoms with Crippen molar-refractivity contribution in [2.45, 2.75) is 52.5 Å². The summed E-state index contributed by atoms with van der Waals surface area (Å²) >= 11 is 0. The average molecular weight is 276 g/mol. The Balaban J connectivity index is 1.94. The molecule has 110 valence electrons. The molecule has 5 nitrogen and oxygen atoms in total. The van der Waals surface area contributed by atoms with Crippen LogP contribution in [0.4, 0.5) is 5.95 Å². The number of rotatable bonds is 4. The number of nitrogens with one attached hydrogen (secondary N) is 1. The highest BCUT2D eigenvalue weighted by Crippen LogP contribution is 2.22. The first kappa shape index (κ1) is 14.9. The fraction of sp³-hybridized carbons (Fsp3) is 0.667. The van der Waals surface area contributed by atoms with Crippen LogP contribution in [0.3, 0.4) is 0 Å². The molecule has 0 bridgehead atoms. The van der Waals surface area contributed by atoms with Gasteiger partial charge >= 0.3 is 0 Å². The standard InChI is InChI=1S/C15H24N4O/c1-10-11(2)16-15(17-12(10)3)18-14(20)9-19(4)13-7-5-6-8-13/h13H,5-9H2,1-4H3,(H,16,17,18,20). The number of carbonyl (C=O) groups is 1. The lowest BCUT2D eigenvalue weighted by Crippen LogP contribution is -2.36. The van der Waals surface area contributed by atoms with Crippen LogP contribution in [0.15, 0.2) is 0 Å². The van der Waals surface area contributed by atoms with Crippen molar-refractivity contribution in [3.8, 4) is 0 Å². The quantitative estimate of drug-likeness (QED) is 0.916. The Bertz CT molecular complexity index is 472. The summed E-state index contributed by atoms with van der Waals surface area (Å²) in [5.41, 5.74) is 2.90. The van der Waals surface area contributed by atoms with Crippen molar-refractivity contribution in [3.63, 3.8) is 0 Å². The summed E-state index contributed by atoms with van der Waals surface area (Å²) in [5.74, 6) is 0.373. The van der Waals surface area contributed by atoms with Crippen LogP contribution < -0.4 is 5.32 Å². The fourth-order valence-corrected chi connectivity index (χ4v) is 2.69. The predicted octanol–water partition coefficient (Wildman–Crippen LogP) is 2.21. The molecule has 1 amide bonds. The molecule has 1 aliphatic rings. The highest BCUT2D eigenvalue weighted by Gasteiger charge is 2.21. The van der Waals surface area contributed by atoms with E-state index >= 15 is 0 Å². The lowest BCUT2D eigenvalue weighted by molar-refractivity contribution is -0.117. The first-order valence-corrected chi connectivity index (χ1v) is 7.29. The van der Waals surface area contributed by atoms with E-state index in [1.165, 1.54) is 25.7 Å². The van der Waals surface area contributed by atoms with E-state index in [9.17, 15) is 4.79 Å². The van der Waals surface area contributed by atoms with Gasteiger partial charge in [0.2, 0.25) is 11.9 Å². The van der Waals surface area contributed by atoms with Gasteiger partial charge in [-0.25, -0.2) is 9.97 Å². The maximum absolute atomic E-state index is 12.1. The Morgan fingerprint density at radius 2 is 1.75 bits per heavy atom. The molecule has 5 heteroatoms. The van der Waals surface area contributed by atoms with Gasteiger partial charge in [0.05, 0.1) is 6.54 Å². The molecule has 0 radical (unpaired) electrons. The van der Waals surface area contributed by atoms with Crippen molar-refractivity contribution in [3.05, 3.63) is 17.0 Å². The second-order valence-electron chi connectivity index (χ2n) is 5.74. The lowest BCUT2D eigenvalue weighted by Gasteiger charge is -2.23. The van der Waals surface area contributed by atoms with Gasteiger partial charge in [-0.05, 0) is 46.2 Å². The number of aryl methyl sites for hydroxylation is 2. The van der Waals surface area contributed by atoms with Gasteiger partial charge in [0.15, 0.2) is 0 Å². The van der Waals surface area contributed by atoms with Crippen molar-refractivity contribution < 1.29 is 4.79 Å². The van der Waals surface area contributed by atoms with Gasteiger partial charge in [0.25, 0.3) is 0 Å². The topological polar surface area (TPSA) is 58.1 Å². The summed E-state index contributed by atoms with van der Waals surface area (Å²) in [5, 5.41) is 2.80. The van der Waals surface area contributed by atoms with Crippen molar-refractivity contribution in [2.24, 2.45) is 0 Å². The van der Waals surface area contributed by atoms with E-state index in [1.54, 1.807) is 0 Å². The molecule has 0 aromatic carbocycles. The third-order valence-electron chi connectivity index (χ3n) is 4.22. The van der Waals surface area contributed by atoms with E-state index in [2.05, 4.69) is 20.2 Å². The number of hydrogen-bond donors (Lipinski definition) is 1. The molecular formula is C15H24N4O. The van der Waals surface area contributed by atoms with E-state index in [1.807, 2.05) is 27.8 Å². The summed E-state index contributed by atoms with van der Waals surface area (Å²) in [6.07, 6.45) is 4.94. The Morgan fingerprint density at radius 3 is 2.30 bits per heavy atom. The smallest absolute Gasteiger partial charge is 0.240 e. The Morgan fingerprint density at radius 1 is 1.20 bits per heavy atom. The first-order chi connectivity index (χ1) is 9.47. The van der Waals surface area contributed by atoms with Gasteiger partial charge in [-0.3, -0.25) is 15.0 Å². The van der Waals surface area contributed by atoms with Crippen molar-refractivity contribution in [1.29, 1.82) is 0 Å². The molecule has 1 aliphatic carbocycles. The molecule has 0 aliphatic heterocycles. The highest BCUT2D eigenvalue weighted by molar-refractivity contribution is 5.90. The zero-order valence-corrected chi connectivity index (χ0v) is 12.9. The van der Waals surface area contributed by atoms with Gasteiger partial charge < -0.3 is 0 Å². The summed E-state index contributed by atoms with van der Waals surface area (Å²) in [6, 6.07) is 0.545. The molecule has 0 saturated heterocycles. The van der Waals surface area contributed by atoms with E-state index < -0.39 is 0 Å². The molecule has 0 unspecified atom stereocenters. The van der Waals surface area contributed by atoms with Crippen LogP contribution in [0.5, 0.6) is 0 Å². The minimum atomic E-state index is -0.0398. The second-order valence-corrected chi connectivity index (χ2v) is 5.74. The molecule has 20 heavy (non-hydrogen) atoms. The van der Waals surface area contributed by atoms with Crippen LogP contribution in [-0.2, 0) is 4.79 Å². The molecule has 0 atom stereocenters. The van der Waals surface area contributed by atoms with Crippen LogP contribution in [-0.4, -0.2) is 40.4 Å². The largest absolute Gasteiger partial charge is 0.295 e. The number of amides is 1. The average Bonchev–Trinajstić information content (AvgIpc) is 2.89. The molecule has 1 aromatic rings. The van der Waals surface area contributed by atoms with Gasteiger partial charge in [-0.2, -0.15) is 0 Å². The molecule has 1 N–H and O–H groups in total. The zero-order valence-electron chi connectivity index (χ0n) is 12.9. The van der Waals surface area contributed by atoms with Gasteiger partial charge in [0.1, 0.15) is 0 Å². The zero-order chi connectivity index (χ0) is 14.7. The van der Waals surface area contributed by atoms with Crippen LogP contribution in [0.25, 0.3) is 0 Å². The van der Waals surface area contributed by atoms with Crippen molar-refractivity contribution in [1.82, 2.24) is 14.9 Å². The van der Waals surface area contributed by atoms with Gasteiger partial charge in [-0.15, -0.1) is 0 Å². The predicted molar refractivity (Wildman–Crippen MR) is 79.8 cm³/mol. The summed E-state index contributed by atoms with van der Waals surface area (Å²) in [7, 11) is 2.02. The molecule has 1 saturated carbocycles. The Labute approximate surface area is 120 Å². The van der Waals surface area contributed by atoms with Gasteiger partial charge in [-0.1, -0.05) is 12.8 Å². The fourth-order valence-electron chi connectivity index (χ4n) is 2.69. The molecule has 1 heterocycles. The van der Waals surface area contributed by atoms with Crippen LogP contribution in [0.1, 0.15) is 42.6 Å². The SMILES string of the molecule is Cc1nc(NC(=O)CN(C)C2CCCC2)nc(C)c1C. The second kappa shape index (κ2) is 6.31. The third-order valence-corrected chi connectivity index (χ3v) is 4.22. The maximum atomic E-state index is 12.1. The summed E-state index contributed by atoms with van der Waals surface area (Å²) in [4.78, 5) is 22.8. The van der Waals surface area contributed by atoms with Crippen LogP contribution in [0.2, 0.25) is 0 Å². The lowest BCUT2D eigenvalue weighted by atomic mass is 10.2. The first-order valence-electron chi connectivity index (χ1n) is 7.29. The number of anilines is 1. The number of hydrogen-bond acceptors (Lipinski definition) is 4. The highest BCUT2D eigenvalue weighted by atomic mass is 16.2. The minimum Gasteiger partial charge on any atom is -0.295 e. The van der Waals surface area contributed by atoms with E-state index in [4.69, 9.17) is 0 Å². The van der Waals surface area contributed by atoms with Crippen molar-refractivity contribution in [2.75, 3.05) is 18.9 Å². The summed E-state index contributed by atoms with van der Waals surface area (Å²) in [6.45, 7) is 6.26. The third kappa shape index (κ3) is 3.54. The molecule has 0 spiro atoms. The summed E-state index contributed by atoms with van der Waals surface area (Å²) < 4.78 is 0. The Hall–Kier alpha value is -1.49. The number of aromatic nitrogens is 2. The van der Waals surface area contributed by atoms with Crippen LogP contribution >= 0.6 is 0 Å². The molecule has 2 rings (SSSR count). The van der Waals surface area contributed by atoms with Crippen molar-refractivity contribution >= 4 is 11.9 Å². The van der Waals surface area contributed by atoms with Crippen LogP contribution in [0, 0.1) is 20.8 Å². The number of carbonyl (C=O) groups excluding carboxylic acids is 1. The molecular weight excluding hydrogens is 252 g/mol. The van der Waals surface area contributed by atoms with E-state index in [0.29, 0.717) is 18.5 Å². The Kier molecular flexibility index (Phi) is 4.70. The minimum absolute atomic E-state index is 0.0398. The molecule has 1 fully saturated rings.